The van der Waals surface area contributed by atoms with E-state index in [1.165, 1.54) is 12.0 Å². The van der Waals surface area contributed by atoms with Crippen LogP contribution in [-0.4, -0.2) is 13.2 Å². The van der Waals surface area contributed by atoms with Gasteiger partial charge in [0.05, 0.1) is 11.1 Å². The number of halogens is 1. The van der Waals surface area contributed by atoms with E-state index in [9.17, 15) is 0 Å². The number of hydrogen-bond donors (Lipinski definition) is 1. The Morgan fingerprint density at radius 1 is 1.33 bits per heavy atom. The van der Waals surface area contributed by atoms with E-state index in [1.807, 2.05) is 19.2 Å². The molecule has 1 N–H and O–H groups in total. The molecular formula is C18H28ClNO. The van der Waals surface area contributed by atoms with Crippen LogP contribution >= 0.6 is 11.6 Å². The Hall–Kier alpha value is -0.730. The second-order valence-electron chi connectivity index (χ2n) is 7.35. The summed E-state index contributed by atoms with van der Waals surface area (Å²) < 4.78 is 6.21. The predicted molar refractivity (Wildman–Crippen MR) is 90.1 cm³/mol. The van der Waals surface area contributed by atoms with Crippen molar-refractivity contribution in [3.05, 3.63) is 28.8 Å². The molecule has 3 atom stereocenters. The van der Waals surface area contributed by atoms with Gasteiger partial charge >= 0.3 is 0 Å². The third kappa shape index (κ3) is 4.37. The zero-order valence-electron chi connectivity index (χ0n) is 13.9. The van der Waals surface area contributed by atoms with Gasteiger partial charge < -0.3 is 10.1 Å². The first-order valence-corrected chi connectivity index (χ1v) is 8.32. The number of rotatable bonds is 4. The molecule has 1 saturated carbocycles. The van der Waals surface area contributed by atoms with Gasteiger partial charge in [0.15, 0.2) is 0 Å². The lowest BCUT2D eigenvalue weighted by atomic mass is 9.71. The third-order valence-electron chi connectivity index (χ3n) is 4.53. The fourth-order valence-electron chi connectivity index (χ4n) is 3.58. The maximum absolute atomic E-state index is 6.40. The van der Waals surface area contributed by atoms with E-state index in [0.717, 1.165) is 18.6 Å². The third-order valence-corrected chi connectivity index (χ3v) is 4.82. The minimum absolute atomic E-state index is 0.272. The molecule has 2 rings (SSSR count). The topological polar surface area (TPSA) is 21.3 Å². The summed E-state index contributed by atoms with van der Waals surface area (Å²) in [4.78, 5) is 0. The van der Waals surface area contributed by atoms with Crippen molar-refractivity contribution in [1.29, 1.82) is 0 Å². The Labute approximate surface area is 134 Å². The fraction of sp³-hybridized carbons (Fsp3) is 0.667. The molecule has 1 aliphatic rings. The molecule has 0 heterocycles. The summed E-state index contributed by atoms with van der Waals surface area (Å²) in [6, 6.07) is 6.41. The number of hydrogen-bond acceptors (Lipinski definition) is 2. The highest BCUT2D eigenvalue weighted by molar-refractivity contribution is 6.32. The first-order valence-electron chi connectivity index (χ1n) is 7.94. The molecule has 0 aliphatic heterocycles. The van der Waals surface area contributed by atoms with Crippen molar-refractivity contribution in [2.24, 2.45) is 11.3 Å². The molecule has 0 radical (unpaired) electrons. The Bertz CT molecular complexity index is 486. The van der Waals surface area contributed by atoms with Gasteiger partial charge in [-0.3, -0.25) is 0 Å². The molecule has 21 heavy (non-hydrogen) atoms. The van der Waals surface area contributed by atoms with Crippen LogP contribution < -0.4 is 10.1 Å². The zero-order chi connectivity index (χ0) is 15.6. The van der Waals surface area contributed by atoms with Crippen LogP contribution in [-0.2, 0) is 0 Å². The number of benzene rings is 1. The van der Waals surface area contributed by atoms with Crippen LogP contribution in [0.1, 0.15) is 58.6 Å². The minimum atomic E-state index is 0.272. The summed E-state index contributed by atoms with van der Waals surface area (Å²) >= 11 is 6.40. The van der Waals surface area contributed by atoms with Gasteiger partial charge in [-0.25, -0.2) is 0 Å². The summed E-state index contributed by atoms with van der Waals surface area (Å²) in [5.74, 6) is 1.53. The molecule has 1 aliphatic carbocycles. The lowest BCUT2D eigenvalue weighted by molar-refractivity contribution is 0.0563. The van der Waals surface area contributed by atoms with Crippen molar-refractivity contribution < 1.29 is 4.74 Å². The van der Waals surface area contributed by atoms with E-state index >= 15 is 0 Å². The van der Waals surface area contributed by atoms with Crippen molar-refractivity contribution in [2.45, 2.75) is 59.1 Å². The smallest absolute Gasteiger partial charge is 0.138 e. The van der Waals surface area contributed by atoms with E-state index in [1.54, 1.807) is 0 Å². The Balaban J connectivity index is 2.09. The second-order valence-corrected chi connectivity index (χ2v) is 7.76. The van der Waals surface area contributed by atoms with E-state index in [-0.39, 0.29) is 6.10 Å². The largest absolute Gasteiger partial charge is 0.489 e. The fourth-order valence-corrected chi connectivity index (χ4v) is 3.81. The van der Waals surface area contributed by atoms with Crippen molar-refractivity contribution in [3.63, 3.8) is 0 Å². The molecule has 2 nitrogen and oxygen atoms in total. The highest BCUT2D eigenvalue weighted by atomic mass is 35.5. The minimum Gasteiger partial charge on any atom is -0.489 e. The Morgan fingerprint density at radius 2 is 2.05 bits per heavy atom. The van der Waals surface area contributed by atoms with Crippen LogP contribution in [0, 0.1) is 11.3 Å². The molecule has 0 amide bonds. The molecule has 0 saturated heterocycles. The van der Waals surface area contributed by atoms with Crippen LogP contribution in [0.15, 0.2) is 18.2 Å². The van der Waals surface area contributed by atoms with Gasteiger partial charge in [-0.05, 0) is 62.3 Å². The van der Waals surface area contributed by atoms with Crippen molar-refractivity contribution >= 4 is 11.6 Å². The SMILES string of the molecule is CNC(C)c1ccc(OC2CC(C)CC(C)(C)C2)c(Cl)c1. The molecule has 3 heteroatoms. The molecule has 1 aromatic rings. The predicted octanol–water partition coefficient (Wildman–Crippen LogP) is 5.21. The maximum atomic E-state index is 6.40. The molecule has 1 aromatic carbocycles. The summed E-state index contributed by atoms with van der Waals surface area (Å²) in [5, 5.41) is 3.94. The Kier molecular flexibility index (Phi) is 5.21. The van der Waals surface area contributed by atoms with E-state index in [0.29, 0.717) is 22.4 Å². The highest BCUT2D eigenvalue weighted by Crippen LogP contribution is 2.41. The number of ether oxygens (including phenoxy) is 1. The van der Waals surface area contributed by atoms with Crippen LogP contribution in [0.3, 0.4) is 0 Å². The van der Waals surface area contributed by atoms with Crippen LogP contribution in [0.25, 0.3) is 0 Å². The summed E-state index contributed by atoms with van der Waals surface area (Å²) in [7, 11) is 1.95. The lowest BCUT2D eigenvalue weighted by Gasteiger charge is -2.39. The average molecular weight is 310 g/mol. The van der Waals surface area contributed by atoms with Crippen molar-refractivity contribution in [2.75, 3.05) is 7.05 Å². The summed E-state index contributed by atoms with van der Waals surface area (Å²) in [5.41, 5.74) is 1.54. The van der Waals surface area contributed by atoms with E-state index < -0.39 is 0 Å². The molecule has 1 fully saturated rings. The standard InChI is InChI=1S/C18H28ClNO/c1-12-8-15(11-18(3,4)10-12)21-17-7-6-14(9-16(17)19)13(2)20-5/h6-7,9,12-13,15,20H,8,10-11H2,1-5H3. The summed E-state index contributed by atoms with van der Waals surface area (Å²) in [6.07, 6.45) is 3.77. The van der Waals surface area contributed by atoms with E-state index in [4.69, 9.17) is 16.3 Å². The van der Waals surface area contributed by atoms with Gasteiger partial charge in [-0.15, -0.1) is 0 Å². The quantitative estimate of drug-likeness (QED) is 0.824. The van der Waals surface area contributed by atoms with Gasteiger partial charge in [0, 0.05) is 6.04 Å². The molecule has 118 valence electrons. The summed E-state index contributed by atoms with van der Waals surface area (Å²) in [6.45, 7) is 9.10. The first-order chi connectivity index (χ1) is 9.80. The van der Waals surface area contributed by atoms with Gasteiger partial charge in [0.1, 0.15) is 5.75 Å². The average Bonchev–Trinajstić information content (AvgIpc) is 2.37. The van der Waals surface area contributed by atoms with E-state index in [2.05, 4.69) is 39.1 Å². The first kappa shape index (κ1) is 16.6. The van der Waals surface area contributed by atoms with Gasteiger partial charge in [0.2, 0.25) is 0 Å². The lowest BCUT2D eigenvalue weighted by Crippen LogP contribution is -2.34. The molecule has 0 spiro atoms. The molecule has 0 aromatic heterocycles. The maximum Gasteiger partial charge on any atom is 0.138 e. The second kappa shape index (κ2) is 6.58. The van der Waals surface area contributed by atoms with Crippen LogP contribution in [0.2, 0.25) is 5.02 Å². The van der Waals surface area contributed by atoms with Gasteiger partial charge in [-0.1, -0.05) is 38.4 Å². The number of nitrogens with one attached hydrogen (secondary N) is 1. The normalized spacial score (nSPS) is 26.4. The van der Waals surface area contributed by atoms with Crippen molar-refractivity contribution in [1.82, 2.24) is 5.32 Å². The van der Waals surface area contributed by atoms with Gasteiger partial charge in [0.25, 0.3) is 0 Å². The molecular weight excluding hydrogens is 282 g/mol. The van der Waals surface area contributed by atoms with Crippen molar-refractivity contribution in [3.8, 4) is 5.75 Å². The monoisotopic (exact) mass is 309 g/mol. The highest BCUT2D eigenvalue weighted by Gasteiger charge is 2.33. The molecule has 0 bridgehead atoms. The Morgan fingerprint density at radius 3 is 2.62 bits per heavy atom. The molecule has 3 unspecified atom stereocenters. The van der Waals surface area contributed by atoms with Crippen LogP contribution in [0.4, 0.5) is 0 Å². The van der Waals surface area contributed by atoms with Gasteiger partial charge in [-0.2, -0.15) is 0 Å². The zero-order valence-corrected chi connectivity index (χ0v) is 14.6. The van der Waals surface area contributed by atoms with Crippen LogP contribution in [0.5, 0.6) is 5.75 Å².